The van der Waals surface area contributed by atoms with Gasteiger partial charge in [-0.05, 0) is 27.7 Å². The molecule has 0 bridgehead atoms. The number of aliphatic hydroxyl groups is 1. The van der Waals surface area contributed by atoms with Crippen LogP contribution in [0.15, 0.2) is 0 Å². The maximum absolute atomic E-state index is 11.8. The van der Waals surface area contributed by atoms with Gasteiger partial charge < -0.3 is 10.0 Å². The smallest absolute Gasteiger partial charge is 0.225 e. The van der Waals surface area contributed by atoms with Gasteiger partial charge in [-0.3, -0.25) is 9.69 Å². The molecular weight excluding hydrogens is 204 g/mol. The Balaban J connectivity index is 2.39. The van der Waals surface area contributed by atoms with Crippen LogP contribution in [0.4, 0.5) is 0 Å². The first-order chi connectivity index (χ1) is 7.29. The van der Waals surface area contributed by atoms with Crippen molar-refractivity contribution in [3.63, 3.8) is 0 Å². The highest BCUT2D eigenvalue weighted by Crippen LogP contribution is 2.12. The number of carbonyl (C=O) groups excluding carboxylic acids is 1. The zero-order valence-electron chi connectivity index (χ0n) is 10.9. The van der Waals surface area contributed by atoms with Gasteiger partial charge in [0.1, 0.15) is 0 Å². The summed E-state index contributed by atoms with van der Waals surface area (Å²) in [6, 6.07) is 0.548. The lowest BCUT2D eigenvalue weighted by molar-refractivity contribution is -0.137. The summed E-state index contributed by atoms with van der Waals surface area (Å²) in [5.41, 5.74) is -0.897. The van der Waals surface area contributed by atoms with E-state index in [1.54, 1.807) is 13.8 Å². The van der Waals surface area contributed by atoms with Gasteiger partial charge in [0.15, 0.2) is 0 Å². The Bertz CT molecular complexity index is 238. The molecule has 4 nitrogen and oxygen atoms in total. The van der Waals surface area contributed by atoms with Crippen LogP contribution in [0.1, 0.15) is 34.1 Å². The molecule has 1 aliphatic heterocycles. The Morgan fingerprint density at radius 3 is 2.12 bits per heavy atom. The van der Waals surface area contributed by atoms with Crippen LogP contribution in [0, 0.1) is 0 Å². The summed E-state index contributed by atoms with van der Waals surface area (Å²) < 4.78 is 0. The van der Waals surface area contributed by atoms with Crippen molar-refractivity contribution in [1.82, 2.24) is 9.80 Å². The van der Waals surface area contributed by atoms with E-state index < -0.39 is 5.60 Å². The minimum Gasteiger partial charge on any atom is -0.390 e. The number of rotatable bonds is 3. The maximum atomic E-state index is 11.8. The van der Waals surface area contributed by atoms with Crippen molar-refractivity contribution in [2.75, 3.05) is 26.2 Å². The maximum Gasteiger partial charge on any atom is 0.225 e. The Morgan fingerprint density at radius 1 is 1.25 bits per heavy atom. The first-order valence-electron chi connectivity index (χ1n) is 6.04. The molecule has 0 aliphatic carbocycles. The van der Waals surface area contributed by atoms with Gasteiger partial charge in [0, 0.05) is 32.2 Å². The van der Waals surface area contributed by atoms with Crippen molar-refractivity contribution in [1.29, 1.82) is 0 Å². The Hall–Kier alpha value is -0.610. The Kier molecular flexibility index (Phi) is 4.33. The average Bonchev–Trinajstić information content (AvgIpc) is 2.15. The SMILES string of the molecule is CC(C)N1CCN(C(=O)CC(C)(C)O)CC1. The predicted octanol–water partition coefficient (Wildman–Crippen LogP) is 0.700. The van der Waals surface area contributed by atoms with Crippen LogP contribution in [-0.2, 0) is 4.79 Å². The molecule has 0 aromatic carbocycles. The van der Waals surface area contributed by atoms with E-state index in [1.807, 2.05) is 4.90 Å². The fraction of sp³-hybridized carbons (Fsp3) is 0.917. The fourth-order valence-electron chi connectivity index (χ4n) is 1.97. The first kappa shape index (κ1) is 13.5. The van der Waals surface area contributed by atoms with Crippen molar-refractivity contribution < 1.29 is 9.90 Å². The second kappa shape index (κ2) is 5.15. The Morgan fingerprint density at radius 2 is 1.75 bits per heavy atom. The van der Waals surface area contributed by atoms with Crippen molar-refractivity contribution in [3.05, 3.63) is 0 Å². The van der Waals surface area contributed by atoms with Crippen molar-refractivity contribution in [2.45, 2.75) is 45.8 Å². The number of carbonyl (C=O) groups is 1. The molecule has 0 atom stereocenters. The van der Waals surface area contributed by atoms with Crippen LogP contribution < -0.4 is 0 Å². The van der Waals surface area contributed by atoms with Crippen molar-refractivity contribution >= 4 is 5.91 Å². The van der Waals surface area contributed by atoms with Crippen LogP contribution in [0.2, 0.25) is 0 Å². The average molecular weight is 228 g/mol. The van der Waals surface area contributed by atoms with Crippen molar-refractivity contribution in [2.24, 2.45) is 0 Å². The van der Waals surface area contributed by atoms with Gasteiger partial charge in [0.05, 0.1) is 12.0 Å². The molecule has 0 radical (unpaired) electrons. The van der Waals surface area contributed by atoms with E-state index in [0.29, 0.717) is 6.04 Å². The second-order valence-corrected chi connectivity index (χ2v) is 5.50. The lowest BCUT2D eigenvalue weighted by Crippen LogP contribution is -2.51. The van der Waals surface area contributed by atoms with E-state index in [-0.39, 0.29) is 12.3 Å². The van der Waals surface area contributed by atoms with Gasteiger partial charge in [0.2, 0.25) is 5.91 Å². The lowest BCUT2D eigenvalue weighted by atomic mass is 10.0. The van der Waals surface area contributed by atoms with Crippen LogP contribution in [0.5, 0.6) is 0 Å². The van der Waals surface area contributed by atoms with Gasteiger partial charge in [0.25, 0.3) is 0 Å². The molecule has 16 heavy (non-hydrogen) atoms. The third kappa shape index (κ3) is 4.10. The molecule has 1 saturated heterocycles. The van der Waals surface area contributed by atoms with E-state index >= 15 is 0 Å². The second-order valence-electron chi connectivity index (χ2n) is 5.50. The monoisotopic (exact) mass is 228 g/mol. The van der Waals surface area contributed by atoms with E-state index in [2.05, 4.69) is 18.7 Å². The molecule has 0 saturated carbocycles. The van der Waals surface area contributed by atoms with Crippen LogP contribution in [0.3, 0.4) is 0 Å². The van der Waals surface area contributed by atoms with Gasteiger partial charge in [-0.1, -0.05) is 0 Å². The van der Waals surface area contributed by atoms with E-state index in [9.17, 15) is 9.90 Å². The highest BCUT2D eigenvalue weighted by Gasteiger charge is 2.26. The zero-order valence-corrected chi connectivity index (χ0v) is 10.9. The molecule has 1 rings (SSSR count). The molecule has 0 spiro atoms. The van der Waals surface area contributed by atoms with Crippen molar-refractivity contribution in [3.8, 4) is 0 Å². The number of hydrogen-bond donors (Lipinski definition) is 1. The summed E-state index contributed by atoms with van der Waals surface area (Å²) in [7, 11) is 0. The van der Waals surface area contributed by atoms with E-state index in [1.165, 1.54) is 0 Å². The van der Waals surface area contributed by atoms with Gasteiger partial charge >= 0.3 is 0 Å². The summed E-state index contributed by atoms with van der Waals surface area (Å²) in [5.74, 6) is 0.0657. The third-order valence-electron chi connectivity index (χ3n) is 2.98. The van der Waals surface area contributed by atoms with Gasteiger partial charge in [-0.25, -0.2) is 0 Å². The molecule has 1 fully saturated rings. The minimum atomic E-state index is -0.897. The molecule has 1 heterocycles. The number of piperazine rings is 1. The molecule has 1 aliphatic rings. The number of amides is 1. The summed E-state index contributed by atoms with van der Waals surface area (Å²) in [6.45, 7) is 11.2. The summed E-state index contributed by atoms with van der Waals surface area (Å²) >= 11 is 0. The van der Waals surface area contributed by atoms with Gasteiger partial charge in [-0.15, -0.1) is 0 Å². The van der Waals surface area contributed by atoms with Crippen LogP contribution in [0.25, 0.3) is 0 Å². The Labute approximate surface area is 98.2 Å². The molecule has 0 aromatic rings. The van der Waals surface area contributed by atoms with Crippen LogP contribution >= 0.6 is 0 Å². The summed E-state index contributed by atoms with van der Waals surface area (Å²) in [5, 5.41) is 9.60. The first-order valence-corrected chi connectivity index (χ1v) is 6.04. The quantitative estimate of drug-likeness (QED) is 0.773. The molecular formula is C12H24N2O2. The number of nitrogens with zero attached hydrogens (tertiary/aromatic N) is 2. The summed E-state index contributed by atoms with van der Waals surface area (Å²) in [4.78, 5) is 16.1. The normalized spacial score (nSPS) is 19.2. The highest BCUT2D eigenvalue weighted by molar-refractivity contribution is 5.77. The molecule has 94 valence electrons. The minimum absolute atomic E-state index is 0.0657. The fourth-order valence-corrected chi connectivity index (χ4v) is 1.97. The summed E-state index contributed by atoms with van der Waals surface area (Å²) in [6.07, 6.45) is 0.217. The molecule has 1 amide bonds. The van der Waals surface area contributed by atoms with Crippen LogP contribution in [-0.4, -0.2) is 58.6 Å². The number of hydrogen-bond acceptors (Lipinski definition) is 3. The molecule has 1 N–H and O–H groups in total. The zero-order chi connectivity index (χ0) is 12.3. The standard InChI is InChI=1S/C12H24N2O2/c1-10(2)13-5-7-14(8-6-13)11(15)9-12(3,4)16/h10,16H,5-9H2,1-4H3. The molecule has 0 aromatic heterocycles. The van der Waals surface area contributed by atoms with E-state index in [0.717, 1.165) is 26.2 Å². The lowest BCUT2D eigenvalue weighted by Gasteiger charge is -2.37. The van der Waals surface area contributed by atoms with Gasteiger partial charge in [-0.2, -0.15) is 0 Å². The molecule has 0 unspecified atom stereocenters. The largest absolute Gasteiger partial charge is 0.390 e. The van der Waals surface area contributed by atoms with E-state index in [4.69, 9.17) is 0 Å². The third-order valence-corrected chi connectivity index (χ3v) is 2.98. The predicted molar refractivity (Wildman–Crippen MR) is 64.2 cm³/mol. The topological polar surface area (TPSA) is 43.8 Å². The molecule has 4 heteroatoms. The highest BCUT2D eigenvalue weighted by atomic mass is 16.3.